The topological polar surface area (TPSA) is 95.0 Å². The van der Waals surface area contributed by atoms with E-state index in [4.69, 9.17) is 11.3 Å². The molecule has 0 radical (unpaired) electrons. The quantitative estimate of drug-likeness (QED) is 0.379. The number of rotatable bonds is 8. The maximum atomic E-state index is 9.93. The molecule has 3 unspecified atom stereocenters. The van der Waals surface area contributed by atoms with Crippen molar-refractivity contribution in [1.29, 1.82) is 0 Å². The Bertz CT molecular complexity index is 226. The van der Waals surface area contributed by atoms with Gasteiger partial charge in [0.05, 0.1) is 12.1 Å². The van der Waals surface area contributed by atoms with E-state index in [9.17, 15) is 5.11 Å². The maximum Gasteiger partial charge on any atom is 0.0636 e. The van der Waals surface area contributed by atoms with Crippen molar-refractivity contribution in [2.45, 2.75) is 52.2 Å². The van der Waals surface area contributed by atoms with Crippen LogP contribution in [-0.2, 0) is 0 Å². The van der Waals surface area contributed by atoms with Crippen LogP contribution in [0.1, 0.15) is 40.0 Å². The van der Waals surface area contributed by atoms with Gasteiger partial charge in [-0.2, -0.15) is 0 Å². The molecule has 94 valence electrons. The highest BCUT2D eigenvalue weighted by molar-refractivity contribution is 4.78. The van der Waals surface area contributed by atoms with Crippen LogP contribution < -0.4 is 5.73 Å². The van der Waals surface area contributed by atoms with Crippen LogP contribution >= 0.6 is 0 Å². The van der Waals surface area contributed by atoms with Gasteiger partial charge in [0, 0.05) is 4.91 Å². The van der Waals surface area contributed by atoms with Crippen LogP contribution in [0.25, 0.3) is 10.4 Å². The molecule has 3 atom stereocenters. The Morgan fingerprint density at radius 2 is 1.94 bits per heavy atom. The zero-order chi connectivity index (χ0) is 12.6. The molecule has 0 heterocycles. The van der Waals surface area contributed by atoms with E-state index in [-0.39, 0.29) is 12.0 Å². The highest BCUT2D eigenvalue weighted by atomic mass is 16.3. The summed E-state index contributed by atoms with van der Waals surface area (Å²) in [7, 11) is 0. The van der Waals surface area contributed by atoms with Crippen molar-refractivity contribution in [2.75, 3.05) is 6.54 Å². The smallest absolute Gasteiger partial charge is 0.0636 e. The van der Waals surface area contributed by atoms with Crippen molar-refractivity contribution in [2.24, 2.45) is 22.7 Å². The molecule has 5 heteroatoms. The molecule has 0 aliphatic carbocycles. The fraction of sp³-hybridized carbons (Fsp3) is 1.00. The third-order valence-corrected chi connectivity index (χ3v) is 2.73. The standard InChI is InChI=1S/C11H24N4O/c1-8(2)4-5-11(16)10(14-15-13)6-9(3)7-12/h8-11,16H,4-7,12H2,1-3H3. The minimum Gasteiger partial charge on any atom is -0.393 e. The second-order valence-corrected chi connectivity index (χ2v) is 4.89. The van der Waals surface area contributed by atoms with Gasteiger partial charge in [0.25, 0.3) is 0 Å². The van der Waals surface area contributed by atoms with Crippen LogP contribution in [0.3, 0.4) is 0 Å². The molecule has 0 bridgehead atoms. The molecule has 0 saturated carbocycles. The van der Waals surface area contributed by atoms with E-state index < -0.39 is 6.10 Å². The summed E-state index contributed by atoms with van der Waals surface area (Å²) in [6.45, 7) is 6.76. The normalized spacial score (nSPS) is 16.6. The fourth-order valence-electron chi connectivity index (χ4n) is 1.55. The highest BCUT2D eigenvalue weighted by Crippen LogP contribution is 2.17. The molecule has 0 fully saturated rings. The van der Waals surface area contributed by atoms with E-state index in [1.807, 2.05) is 6.92 Å². The van der Waals surface area contributed by atoms with E-state index in [0.29, 0.717) is 25.3 Å². The van der Waals surface area contributed by atoms with Gasteiger partial charge in [-0.1, -0.05) is 25.9 Å². The Morgan fingerprint density at radius 3 is 2.38 bits per heavy atom. The van der Waals surface area contributed by atoms with Crippen LogP contribution in [0.15, 0.2) is 5.11 Å². The highest BCUT2D eigenvalue weighted by Gasteiger charge is 2.20. The first-order chi connectivity index (χ1) is 7.51. The van der Waals surface area contributed by atoms with Crippen LogP contribution in [0, 0.1) is 11.8 Å². The molecule has 0 aliphatic rings. The van der Waals surface area contributed by atoms with Crippen LogP contribution in [-0.4, -0.2) is 23.8 Å². The van der Waals surface area contributed by atoms with Crippen molar-refractivity contribution >= 4 is 0 Å². The summed E-state index contributed by atoms with van der Waals surface area (Å²) in [5.41, 5.74) is 14.0. The lowest BCUT2D eigenvalue weighted by Crippen LogP contribution is -2.28. The van der Waals surface area contributed by atoms with Gasteiger partial charge in [0.15, 0.2) is 0 Å². The molecule has 5 nitrogen and oxygen atoms in total. The SMILES string of the molecule is CC(C)CCC(O)C(CC(C)CN)N=[N+]=[N-]. The molecule has 0 aliphatic heterocycles. The van der Waals surface area contributed by atoms with Gasteiger partial charge in [-0.3, -0.25) is 0 Å². The fourth-order valence-corrected chi connectivity index (χ4v) is 1.55. The summed E-state index contributed by atoms with van der Waals surface area (Å²) < 4.78 is 0. The summed E-state index contributed by atoms with van der Waals surface area (Å²) in [6.07, 6.45) is 1.72. The summed E-state index contributed by atoms with van der Waals surface area (Å²) in [5, 5.41) is 13.6. The number of azide groups is 1. The van der Waals surface area contributed by atoms with E-state index in [1.54, 1.807) is 0 Å². The second-order valence-electron chi connectivity index (χ2n) is 4.89. The van der Waals surface area contributed by atoms with E-state index in [0.717, 1.165) is 6.42 Å². The first-order valence-corrected chi connectivity index (χ1v) is 5.93. The Kier molecular flexibility index (Phi) is 7.99. The predicted molar refractivity (Wildman–Crippen MR) is 65.8 cm³/mol. The Hall–Kier alpha value is -0.770. The van der Waals surface area contributed by atoms with Crippen LogP contribution in [0.2, 0.25) is 0 Å². The number of aliphatic hydroxyl groups is 1. The number of aliphatic hydroxyl groups excluding tert-OH is 1. The zero-order valence-electron chi connectivity index (χ0n) is 10.5. The summed E-state index contributed by atoms with van der Waals surface area (Å²) in [5.74, 6) is 0.817. The van der Waals surface area contributed by atoms with Gasteiger partial charge in [-0.15, -0.1) is 0 Å². The van der Waals surface area contributed by atoms with Crippen molar-refractivity contribution in [3.05, 3.63) is 10.4 Å². The van der Waals surface area contributed by atoms with Crippen molar-refractivity contribution in [1.82, 2.24) is 0 Å². The number of nitrogens with two attached hydrogens (primary N) is 1. The molecular formula is C11H24N4O. The summed E-state index contributed by atoms with van der Waals surface area (Å²) >= 11 is 0. The lowest BCUT2D eigenvalue weighted by atomic mass is 9.94. The molecular weight excluding hydrogens is 204 g/mol. The average Bonchev–Trinajstić information content (AvgIpc) is 2.24. The van der Waals surface area contributed by atoms with Crippen LogP contribution in [0.4, 0.5) is 0 Å². The molecule has 0 aromatic heterocycles. The number of nitrogens with zero attached hydrogens (tertiary/aromatic N) is 3. The second kappa shape index (κ2) is 8.39. The van der Waals surface area contributed by atoms with Gasteiger partial charge >= 0.3 is 0 Å². The molecule has 0 aromatic rings. The number of hydrogen-bond acceptors (Lipinski definition) is 3. The van der Waals surface area contributed by atoms with Gasteiger partial charge in [0.1, 0.15) is 0 Å². The molecule has 3 N–H and O–H groups in total. The minimum atomic E-state index is -0.549. The lowest BCUT2D eigenvalue weighted by Gasteiger charge is -2.21. The van der Waals surface area contributed by atoms with E-state index in [2.05, 4.69) is 23.9 Å². The Balaban J connectivity index is 4.23. The maximum absolute atomic E-state index is 9.93. The third-order valence-electron chi connectivity index (χ3n) is 2.73. The minimum absolute atomic E-state index is 0.268. The van der Waals surface area contributed by atoms with Crippen LogP contribution in [0.5, 0.6) is 0 Å². The largest absolute Gasteiger partial charge is 0.393 e. The molecule has 16 heavy (non-hydrogen) atoms. The average molecular weight is 228 g/mol. The zero-order valence-corrected chi connectivity index (χ0v) is 10.5. The molecule has 0 amide bonds. The monoisotopic (exact) mass is 228 g/mol. The van der Waals surface area contributed by atoms with Gasteiger partial charge < -0.3 is 10.8 Å². The lowest BCUT2D eigenvalue weighted by molar-refractivity contribution is 0.118. The van der Waals surface area contributed by atoms with Gasteiger partial charge in [-0.25, -0.2) is 0 Å². The molecule has 0 saturated heterocycles. The van der Waals surface area contributed by atoms with E-state index >= 15 is 0 Å². The molecule has 0 spiro atoms. The van der Waals surface area contributed by atoms with Gasteiger partial charge in [-0.05, 0) is 43.2 Å². The van der Waals surface area contributed by atoms with Crippen molar-refractivity contribution in [3.8, 4) is 0 Å². The third kappa shape index (κ3) is 6.67. The summed E-state index contributed by atoms with van der Waals surface area (Å²) in [4.78, 5) is 2.80. The Labute approximate surface area is 97.7 Å². The molecule has 0 rings (SSSR count). The first-order valence-electron chi connectivity index (χ1n) is 5.93. The van der Waals surface area contributed by atoms with Gasteiger partial charge in [0.2, 0.25) is 0 Å². The predicted octanol–water partition coefficient (Wildman–Crippen LogP) is 2.45. The Morgan fingerprint density at radius 1 is 1.31 bits per heavy atom. The van der Waals surface area contributed by atoms with Crippen molar-refractivity contribution < 1.29 is 5.11 Å². The first kappa shape index (κ1) is 15.2. The number of hydrogen-bond donors (Lipinski definition) is 2. The summed E-state index contributed by atoms with van der Waals surface area (Å²) in [6, 6.07) is -0.345. The van der Waals surface area contributed by atoms with E-state index in [1.165, 1.54) is 0 Å². The molecule has 0 aromatic carbocycles. The van der Waals surface area contributed by atoms with Crippen molar-refractivity contribution in [3.63, 3.8) is 0 Å².